The van der Waals surface area contributed by atoms with Gasteiger partial charge in [-0.2, -0.15) is 0 Å². The molecule has 0 spiro atoms. The van der Waals surface area contributed by atoms with Crippen LogP contribution in [0.1, 0.15) is 20.3 Å². The zero-order valence-corrected chi connectivity index (χ0v) is 15.2. The number of esters is 1. The summed E-state index contributed by atoms with van der Waals surface area (Å²) >= 11 is 3.16. The third kappa shape index (κ3) is 6.28. The molecule has 0 fully saturated rings. The number of amides is 1. The van der Waals surface area contributed by atoms with E-state index in [0.29, 0.717) is 11.0 Å². The SMILES string of the molecule is CCNC(=O)[C@H](C)OC(=O)CCNS(=O)(=O)c1ccccc1Br. The number of hydrogen-bond donors (Lipinski definition) is 2. The highest BCUT2D eigenvalue weighted by molar-refractivity contribution is 9.10. The molecule has 1 aromatic carbocycles. The van der Waals surface area contributed by atoms with Crippen molar-refractivity contribution >= 4 is 37.8 Å². The molecule has 0 unspecified atom stereocenters. The van der Waals surface area contributed by atoms with Gasteiger partial charge in [-0.3, -0.25) is 9.59 Å². The van der Waals surface area contributed by atoms with E-state index in [-0.39, 0.29) is 17.9 Å². The highest BCUT2D eigenvalue weighted by Gasteiger charge is 2.19. The lowest BCUT2D eigenvalue weighted by Gasteiger charge is -2.13. The normalized spacial score (nSPS) is 12.5. The van der Waals surface area contributed by atoms with E-state index in [2.05, 4.69) is 26.0 Å². The predicted octanol–water partition coefficient (Wildman–Crippen LogP) is 1.19. The zero-order valence-electron chi connectivity index (χ0n) is 12.8. The van der Waals surface area contributed by atoms with Crippen molar-refractivity contribution in [2.45, 2.75) is 31.3 Å². The van der Waals surface area contributed by atoms with E-state index in [0.717, 1.165) is 0 Å². The summed E-state index contributed by atoms with van der Waals surface area (Å²) in [6.45, 7) is 3.52. The molecule has 0 bridgehead atoms. The van der Waals surface area contributed by atoms with Crippen LogP contribution in [0.15, 0.2) is 33.6 Å². The number of benzene rings is 1. The molecule has 9 heteroatoms. The number of likely N-dealkylation sites (N-methyl/N-ethyl adjacent to an activating group) is 1. The van der Waals surface area contributed by atoms with Gasteiger partial charge in [0, 0.05) is 17.6 Å². The first kappa shape index (κ1) is 19.6. The van der Waals surface area contributed by atoms with E-state index in [4.69, 9.17) is 4.74 Å². The lowest BCUT2D eigenvalue weighted by atomic mass is 10.3. The van der Waals surface area contributed by atoms with Gasteiger partial charge in [0.25, 0.3) is 5.91 Å². The molecule has 7 nitrogen and oxygen atoms in total. The van der Waals surface area contributed by atoms with Crippen LogP contribution in [0.4, 0.5) is 0 Å². The van der Waals surface area contributed by atoms with Crippen molar-refractivity contribution in [2.75, 3.05) is 13.1 Å². The van der Waals surface area contributed by atoms with Crippen molar-refractivity contribution in [1.82, 2.24) is 10.0 Å². The summed E-state index contributed by atoms with van der Waals surface area (Å²) in [4.78, 5) is 23.1. The first-order chi connectivity index (χ1) is 10.8. The second kappa shape index (κ2) is 8.99. The van der Waals surface area contributed by atoms with Crippen LogP contribution in [0.25, 0.3) is 0 Å². The molecule has 1 amide bonds. The quantitative estimate of drug-likeness (QED) is 0.631. The van der Waals surface area contributed by atoms with Gasteiger partial charge in [0.05, 0.1) is 11.3 Å². The van der Waals surface area contributed by atoms with Crippen LogP contribution in [-0.2, 0) is 24.3 Å². The van der Waals surface area contributed by atoms with E-state index >= 15 is 0 Å². The van der Waals surface area contributed by atoms with Crippen LogP contribution >= 0.6 is 15.9 Å². The number of carbonyl (C=O) groups excluding carboxylic acids is 2. The minimum Gasteiger partial charge on any atom is -0.453 e. The molecular formula is C14H19BrN2O5S. The molecule has 0 aliphatic carbocycles. The summed E-state index contributed by atoms with van der Waals surface area (Å²) < 4.78 is 31.8. The Kier molecular flexibility index (Phi) is 7.66. The summed E-state index contributed by atoms with van der Waals surface area (Å²) in [6.07, 6.45) is -1.09. The van der Waals surface area contributed by atoms with Gasteiger partial charge in [-0.25, -0.2) is 13.1 Å². The molecule has 2 N–H and O–H groups in total. The molecule has 0 saturated heterocycles. The van der Waals surface area contributed by atoms with Crippen LogP contribution < -0.4 is 10.0 Å². The second-order valence-electron chi connectivity index (χ2n) is 4.60. The summed E-state index contributed by atoms with van der Waals surface area (Å²) in [5, 5.41) is 2.53. The van der Waals surface area contributed by atoms with Crippen molar-refractivity contribution in [3.05, 3.63) is 28.7 Å². The predicted molar refractivity (Wildman–Crippen MR) is 88.2 cm³/mol. The fraction of sp³-hybridized carbons (Fsp3) is 0.429. The molecule has 23 heavy (non-hydrogen) atoms. The highest BCUT2D eigenvalue weighted by Crippen LogP contribution is 2.20. The van der Waals surface area contributed by atoms with Gasteiger partial charge in [0.2, 0.25) is 10.0 Å². The fourth-order valence-corrected chi connectivity index (χ4v) is 3.69. The summed E-state index contributed by atoms with van der Waals surface area (Å²) in [5.41, 5.74) is 0. The van der Waals surface area contributed by atoms with Crippen LogP contribution in [0.2, 0.25) is 0 Å². The molecule has 0 saturated carbocycles. The number of carbonyl (C=O) groups is 2. The highest BCUT2D eigenvalue weighted by atomic mass is 79.9. The Bertz CT molecular complexity index is 663. The van der Waals surface area contributed by atoms with E-state index < -0.39 is 28.0 Å². The van der Waals surface area contributed by atoms with Crippen molar-refractivity contribution < 1.29 is 22.7 Å². The largest absolute Gasteiger partial charge is 0.453 e. The second-order valence-corrected chi connectivity index (χ2v) is 7.19. The Hall–Kier alpha value is -1.45. The van der Waals surface area contributed by atoms with Gasteiger partial charge in [0.15, 0.2) is 6.10 Å². The minimum atomic E-state index is -3.72. The number of nitrogens with one attached hydrogen (secondary N) is 2. The third-order valence-electron chi connectivity index (χ3n) is 2.78. The van der Waals surface area contributed by atoms with Crippen molar-refractivity contribution in [3.63, 3.8) is 0 Å². The molecule has 1 aromatic rings. The molecule has 1 rings (SSSR count). The molecule has 0 aromatic heterocycles. The van der Waals surface area contributed by atoms with Crippen LogP contribution in [0.3, 0.4) is 0 Å². The van der Waals surface area contributed by atoms with Crippen molar-refractivity contribution in [3.8, 4) is 0 Å². The molecule has 128 valence electrons. The van der Waals surface area contributed by atoms with Gasteiger partial charge in [0.1, 0.15) is 0 Å². The number of rotatable bonds is 8. The monoisotopic (exact) mass is 406 g/mol. The van der Waals surface area contributed by atoms with Gasteiger partial charge < -0.3 is 10.1 Å². The van der Waals surface area contributed by atoms with Gasteiger partial charge in [-0.15, -0.1) is 0 Å². The Balaban J connectivity index is 2.49. The van der Waals surface area contributed by atoms with Gasteiger partial charge in [-0.1, -0.05) is 12.1 Å². The smallest absolute Gasteiger partial charge is 0.307 e. The van der Waals surface area contributed by atoms with E-state index in [9.17, 15) is 18.0 Å². The topological polar surface area (TPSA) is 102 Å². The van der Waals surface area contributed by atoms with E-state index in [1.807, 2.05) is 0 Å². The Morgan fingerprint density at radius 3 is 2.57 bits per heavy atom. The number of ether oxygens (including phenoxy) is 1. The molecule has 0 aliphatic rings. The molecule has 0 aliphatic heterocycles. The number of sulfonamides is 1. The average molecular weight is 407 g/mol. The maximum atomic E-state index is 12.1. The van der Waals surface area contributed by atoms with Crippen LogP contribution in [0.5, 0.6) is 0 Å². The molecule has 0 radical (unpaired) electrons. The minimum absolute atomic E-state index is 0.0871. The first-order valence-corrected chi connectivity index (χ1v) is 9.27. The molecule has 0 heterocycles. The zero-order chi connectivity index (χ0) is 17.5. The van der Waals surface area contributed by atoms with E-state index in [1.165, 1.54) is 13.0 Å². The molecular weight excluding hydrogens is 388 g/mol. The van der Waals surface area contributed by atoms with Crippen LogP contribution in [0, 0.1) is 0 Å². The number of hydrogen-bond acceptors (Lipinski definition) is 5. The summed E-state index contributed by atoms with van der Waals surface area (Å²) in [7, 11) is -3.72. The van der Waals surface area contributed by atoms with Gasteiger partial charge in [-0.05, 0) is 41.9 Å². The Labute approximate surface area is 144 Å². The maximum Gasteiger partial charge on any atom is 0.307 e. The van der Waals surface area contributed by atoms with Crippen LogP contribution in [-0.4, -0.2) is 39.5 Å². The van der Waals surface area contributed by atoms with Crippen molar-refractivity contribution in [2.24, 2.45) is 0 Å². The van der Waals surface area contributed by atoms with Crippen molar-refractivity contribution in [1.29, 1.82) is 0 Å². The average Bonchev–Trinajstić information content (AvgIpc) is 2.47. The van der Waals surface area contributed by atoms with Gasteiger partial charge >= 0.3 is 5.97 Å². The first-order valence-electron chi connectivity index (χ1n) is 6.99. The standard InChI is InChI=1S/C14H19BrN2O5S/c1-3-16-14(19)10(2)22-13(18)8-9-17-23(20,21)12-7-5-4-6-11(12)15/h4-7,10,17H,3,8-9H2,1-2H3,(H,16,19)/t10-/m0/s1. The van der Waals surface area contributed by atoms with E-state index in [1.54, 1.807) is 25.1 Å². The maximum absolute atomic E-state index is 12.1. The Morgan fingerprint density at radius 1 is 1.30 bits per heavy atom. The summed E-state index contributed by atoms with van der Waals surface area (Å²) in [6, 6.07) is 6.35. The number of halogens is 1. The molecule has 1 atom stereocenters. The lowest BCUT2D eigenvalue weighted by molar-refractivity contribution is -0.154. The lowest BCUT2D eigenvalue weighted by Crippen LogP contribution is -2.36. The third-order valence-corrected chi connectivity index (χ3v) is 5.25. The fourth-order valence-electron chi connectivity index (χ4n) is 1.66. The summed E-state index contributed by atoms with van der Waals surface area (Å²) in [5.74, 6) is -1.05. The Morgan fingerprint density at radius 2 is 1.96 bits per heavy atom.